The van der Waals surface area contributed by atoms with Crippen LogP contribution in [0.4, 0.5) is 5.69 Å². The third-order valence-electron chi connectivity index (χ3n) is 5.14. The van der Waals surface area contributed by atoms with Crippen LogP contribution in [-0.4, -0.2) is 34.1 Å². The molecule has 1 heterocycles. The van der Waals surface area contributed by atoms with Crippen molar-refractivity contribution >= 4 is 29.6 Å². The number of hydrogen-bond acceptors (Lipinski definition) is 5. The standard InChI is InChI=1S/C26H23N3O5/c1-4-34-26(33)18-8-10-23(11-9-18)29-16(2)12-20(17(29)3)13-21(15-27)24(30)28-22-7-5-6-19(14-22)25(31)32/h5-14H,4H2,1-3H3,(H,28,30)(H,31,32)/b21-13-. The van der Waals surface area contributed by atoms with Crippen LogP contribution in [0.5, 0.6) is 0 Å². The Hall–Kier alpha value is -4.64. The summed E-state index contributed by atoms with van der Waals surface area (Å²) in [4.78, 5) is 35.7. The average Bonchev–Trinajstić information content (AvgIpc) is 3.10. The molecule has 0 bridgehead atoms. The third kappa shape index (κ3) is 5.22. The molecule has 0 spiro atoms. The first-order chi connectivity index (χ1) is 16.2. The molecule has 2 N–H and O–H groups in total. The van der Waals surface area contributed by atoms with Gasteiger partial charge in [0.15, 0.2) is 0 Å². The summed E-state index contributed by atoms with van der Waals surface area (Å²) in [5.74, 6) is -2.15. The quantitative estimate of drug-likeness (QED) is 0.306. The molecule has 0 unspecified atom stereocenters. The number of hydrogen-bond donors (Lipinski definition) is 2. The lowest BCUT2D eigenvalue weighted by Gasteiger charge is -2.10. The Morgan fingerprint density at radius 3 is 2.41 bits per heavy atom. The van der Waals surface area contributed by atoms with E-state index >= 15 is 0 Å². The van der Waals surface area contributed by atoms with E-state index in [-0.39, 0.29) is 16.8 Å². The Kier molecular flexibility index (Phi) is 7.29. The van der Waals surface area contributed by atoms with Gasteiger partial charge in [-0.1, -0.05) is 6.07 Å². The van der Waals surface area contributed by atoms with Crippen LogP contribution in [0, 0.1) is 25.2 Å². The zero-order valence-electron chi connectivity index (χ0n) is 19.0. The van der Waals surface area contributed by atoms with Crippen molar-refractivity contribution in [1.82, 2.24) is 4.57 Å². The van der Waals surface area contributed by atoms with E-state index in [0.717, 1.165) is 17.1 Å². The lowest BCUT2D eigenvalue weighted by Crippen LogP contribution is -2.14. The van der Waals surface area contributed by atoms with Gasteiger partial charge >= 0.3 is 11.9 Å². The van der Waals surface area contributed by atoms with Gasteiger partial charge in [0.25, 0.3) is 5.91 Å². The number of aromatic nitrogens is 1. The van der Waals surface area contributed by atoms with Crippen LogP contribution >= 0.6 is 0 Å². The van der Waals surface area contributed by atoms with E-state index < -0.39 is 17.8 Å². The average molecular weight is 457 g/mol. The van der Waals surface area contributed by atoms with Crippen LogP contribution in [0.25, 0.3) is 11.8 Å². The summed E-state index contributed by atoms with van der Waals surface area (Å²) >= 11 is 0. The van der Waals surface area contributed by atoms with Crippen LogP contribution in [-0.2, 0) is 9.53 Å². The first kappa shape index (κ1) is 24.0. The van der Waals surface area contributed by atoms with Crippen molar-refractivity contribution in [3.63, 3.8) is 0 Å². The molecule has 0 atom stereocenters. The minimum absolute atomic E-state index is 0.0257. The van der Waals surface area contributed by atoms with Gasteiger partial charge in [0.05, 0.1) is 17.7 Å². The number of esters is 1. The summed E-state index contributed by atoms with van der Waals surface area (Å²) in [6.45, 7) is 5.80. The van der Waals surface area contributed by atoms with Crippen LogP contribution in [0.3, 0.4) is 0 Å². The van der Waals surface area contributed by atoms with Gasteiger partial charge in [-0.25, -0.2) is 9.59 Å². The second-order valence-electron chi connectivity index (χ2n) is 7.44. The van der Waals surface area contributed by atoms with E-state index in [2.05, 4.69) is 5.32 Å². The summed E-state index contributed by atoms with van der Waals surface area (Å²) in [7, 11) is 0. The number of rotatable bonds is 7. The molecule has 8 nitrogen and oxygen atoms in total. The maximum atomic E-state index is 12.7. The van der Waals surface area contributed by atoms with Crippen molar-refractivity contribution in [3.8, 4) is 11.8 Å². The highest BCUT2D eigenvalue weighted by Crippen LogP contribution is 2.24. The topological polar surface area (TPSA) is 121 Å². The number of carboxylic acid groups (broad SMARTS) is 1. The van der Waals surface area contributed by atoms with Gasteiger partial charge in [0.2, 0.25) is 0 Å². The molecule has 0 fully saturated rings. The van der Waals surface area contributed by atoms with E-state index in [1.54, 1.807) is 37.3 Å². The predicted octanol–water partition coefficient (Wildman–Crippen LogP) is 4.51. The molecule has 172 valence electrons. The molecule has 0 radical (unpaired) electrons. The molecule has 8 heteroatoms. The zero-order valence-corrected chi connectivity index (χ0v) is 19.0. The number of carboxylic acids is 1. The number of aryl methyl sites for hydroxylation is 1. The van der Waals surface area contributed by atoms with Crippen molar-refractivity contribution in [1.29, 1.82) is 5.26 Å². The second kappa shape index (κ2) is 10.3. The number of nitrogens with zero attached hydrogens (tertiary/aromatic N) is 2. The summed E-state index contributed by atoms with van der Waals surface area (Å²) in [6.07, 6.45) is 1.49. The molecule has 34 heavy (non-hydrogen) atoms. The summed E-state index contributed by atoms with van der Waals surface area (Å²) in [5.41, 5.74) is 3.79. The van der Waals surface area contributed by atoms with E-state index in [4.69, 9.17) is 9.84 Å². The molecular formula is C26H23N3O5. The molecule has 3 rings (SSSR count). The monoisotopic (exact) mass is 457 g/mol. The maximum Gasteiger partial charge on any atom is 0.338 e. The molecule has 2 aromatic carbocycles. The van der Waals surface area contributed by atoms with E-state index in [1.807, 2.05) is 30.6 Å². The first-order valence-electron chi connectivity index (χ1n) is 10.5. The molecule has 3 aromatic rings. The molecular weight excluding hydrogens is 434 g/mol. The second-order valence-corrected chi connectivity index (χ2v) is 7.44. The first-order valence-corrected chi connectivity index (χ1v) is 10.5. The van der Waals surface area contributed by atoms with Crippen LogP contribution in [0.2, 0.25) is 0 Å². The molecule has 1 amide bonds. The minimum Gasteiger partial charge on any atom is -0.478 e. The number of ether oxygens (including phenoxy) is 1. The third-order valence-corrected chi connectivity index (χ3v) is 5.14. The van der Waals surface area contributed by atoms with Crippen molar-refractivity contribution in [2.45, 2.75) is 20.8 Å². The highest BCUT2D eigenvalue weighted by Gasteiger charge is 2.15. The number of carbonyl (C=O) groups is 3. The Balaban J connectivity index is 1.88. The highest BCUT2D eigenvalue weighted by molar-refractivity contribution is 6.10. The number of benzene rings is 2. The van der Waals surface area contributed by atoms with Crippen molar-refractivity contribution in [3.05, 3.63) is 88.2 Å². The molecule has 0 aliphatic carbocycles. The van der Waals surface area contributed by atoms with E-state index in [1.165, 1.54) is 24.3 Å². The molecule has 0 saturated carbocycles. The molecule has 0 saturated heterocycles. The Labute approximate surface area is 196 Å². The van der Waals surface area contributed by atoms with Gasteiger partial charge in [-0.15, -0.1) is 0 Å². The molecule has 0 aliphatic heterocycles. The maximum absolute atomic E-state index is 12.7. The molecule has 0 aliphatic rings. The van der Waals surface area contributed by atoms with Gasteiger partial charge < -0.3 is 19.7 Å². The predicted molar refractivity (Wildman–Crippen MR) is 127 cm³/mol. The van der Waals surface area contributed by atoms with Gasteiger partial charge in [0.1, 0.15) is 11.6 Å². The fraction of sp³-hybridized carbons (Fsp3) is 0.154. The van der Waals surface area contributed by atoms with Gasteiger partial charge in [-0.3, -0.25) is 4.79 Å². The van der Waals surface area contributed by atoms with Gasteiger partial charge in [-0.05, 0) is 80.9 Å². The minimum atomic E-state index is -1.12. The fourth-order valence-corrected chi connectivity index (χ4v) is 3.52. The lowest BCUT2D eigenvalue weighted by atomic mass is 10.1. The van der Waals surface area contributed by atoms with Gasteiger partial charge in [0, 0.05) is 22.8 Å². The van der Waals surface area contributed by atoms with E-state index in [9.17, 15) is 19.6 Å². The normalized spacial score (nSPS) is 10.9. The molecule has 1 aromatic heterocycles. The fourth-order valence-electron chi connectivity index (χ4n) is 3.52. The Bertz CT molecular complexity index is 1330. The SMILES string of the molecule is CCOC(=O)c1ccc(-n2c(C)cc(/C=C(/C#N)C(=O)Nc3cccc(C(=O)O)c3)c2C)cc1. The number of nitriles is 1. The zero-order chi connectivity index (χ0) is 24.8. The number of nitrogens with one attached hydrogen (secondary N) is 1. The Morgan fingerprint density at radius 1 is 1.09 bits per heavy atom. The Morgan fingerprint density at radius 2 is 1.79 bits per heavy atom. The summed E-state index contributed by atoms with van der Waals surface area (Å²) in [6, 6.07) is 16.5. The number of anilines is 1. The van der Waals surface area contributed by atoms with Crippen LogP contribution in [0.1, 0.15) is 44.6 Å². The smallest absolute Gasteiger partial charge is 0.338 e. The number of amides is 1. The van der Waals surface area contributed by atoms with Crippen LogP contribution < -0.4 is 5.32 Å². The number of aromatic carboxylic acids is 1. The van der Waals surface area contributed by atoms with Crippen molar-refractivity contribution in [2.24, 2.45) is 0 Å². The van der Waals surface area contributed by atoms with E-state index in [0.29, 0.717) is 17.7 Å². The van der Waals surface area contributed by atoms with Crippen LogP contribution in [0.15, 0.2) is 60.2 Å². The van der Waals surface area contributed by atoms with Gasteiger partial charge in [-0.2, -0.15) is 5.26 Å². The lowest BCUT2D eigenvalue weighted by molar-refractivity contribution is -0.112. The van der Waals surface area contributed by atoms with Crippen molar-refractivity contribution < 1.29 is 24.2 Å². The summed E-state index contributed by atoms with van der Waals surface area (Å²) in [5, 5.41) is 21.2. The highest BCUT2D eigenvalue weighted by atomic mass is 16.5. The number of carbonyl (C=O) groups excluding carboxylic acids is 2. The van der Waals surface area contributed by atoms with Crippen molar-refractivity contribution in [2.75, 3.05) is 11.9 Å². The largest absolute Gasteiger partial charge is 0.478 e. The summed E-state index contributed by atoms with van der Waals surface area (Å²) < 4.78 is 6.96.